The third-order valence-corrected chi connectivity index (χ3v) is 3.36. The van der Waals surface area contributed by atoms with E-state index in [4.69, 9.17) is 9.47 Å². The van der Waals surface area contributed by atoms with E-state index in [0.29, 0.717) is 12.1 Å². The molecule has 0 radical (unpaired) electrons. The summed E-state index contributed by atoms with van der Waals surface area (Å²) in [6, 6.07) is 5.52. The van der Waals surface area contributed by atoms with Gasteiger partial charge in [-0.2, -0.15) is 0 Å². The van der Waals surface area contributed by atoms with Crippen LogP contribution in [0.25, 0.3) is 0 Å². The van der Waals surface area contributed by atoms with E-state index in [1.807, 2.05) is 19.1 Å². The van der Waals surface area contributed by atoms with Gasteiger partial charge in [-0.3, -0.25) is 14.6 Å². The number of ether oxygens (including phenoxy) is 2. The van der Waals surface area contributed by atoms with Crippen molar-refractivity contribution in [2.75, 3.05) is 13.2 Å². The third kappa shape index (κ3) is 4.03. The molecule has 0 spiro atoms. The van der Waals surface area contributed by atoms with Crippen molar-refractivity contribution in [2.24, 2.45) is 5.41 Å². The zero-order valence-electron chi connectivity index (χ0n) is 13.1. The van der Waals surface area contributed by atoms with Gasteiger partial charge in [0.05, 0.1) is 13.2 Å². The lowest BCUT2D eigenvalue weighted by molar-refractivity contribution is -0.172. The second kappa shape index (κ2) is 7.76. The van der Waals surface area contributed by atoms with Crippen LogP contribution in [-0.4, -0.2) is 30.1 Å². The van der Waals surface area contributed by atoms with Gasteiger partial charge in [0, 0.05) is 17.8 Å². The Morgan fingerprint density at radius 3 is 2.10 bits per heavy atom. The molecule has 0 amide bonds. The Hall–Kier alpha value is -1.91. The lowest BCUT2D eigenvalue weighted by Gasteiger charge is -2.27. The smallest absolute Gasteiger partial charge is 0.323 e. The van der Waals surface area contributed by atoms with Crippen molar-refractivity contribution in [1.82, 2.24) is 4.98 Å². The molecule has 5 heteroatoms. The Labute approximate surface area is 125 Å². The lowest BCUT2D eigenvalue weighted by Crippen LogP contribution is -2.43. The monoisotopic (exact) mass is 293 g/mol. The van der Waals surface area contributed by atoms with Gasteiger partial charge < -0.3 is 9.47 Å². The Balaban J connectivity index is 3.16. The minimum atomic E-state index is -1.33. The van der Waals surface area contributed by atoms with E-state index < -0.39 is 17.4 Å². The Kier molecular flexibility index (Phi) is 6.34. The highest BCUT2D eigenvalue weighted by molar-refractivity contribution is 6.00. The molecule has 0 bridgehead atoms. The average molecular weight is 293 g/mol. The van der Waals surface area contributed by atoms with Crippen molar-refractivity contribution in [2.45, 2.75) is 40.5 Å². The van der Waals surface area contributed by atoms with Gasteiger partial charge in [0.2, 0.25) is 0 Å². The lowest BCUT2D eigenvalue weighted by atomic mass is 9.80. The van der Waals surface area contributed by atoms with Gasteiger partial charge in [-0.1, -0.05) is 13.0 Å². The van der Waals surface area contributed by atoms with Crippen molar-refractivity contribution >= 4 is 11.9 Å². The molecule has 0 fully saturated rings. The molecule has 1 aromatic rings. The SMILES string of the molecule is CCOC(=O)C(CC)(Cc1cccc(C)n1)C(=O)OCC. The predicted molar refractivity (Wildman–Crippen MR) is 78.7 cm³/mol. The summed E-state index contributed by atoms with van der Waals surface area (Å²) in [5.41, 5.74) is 0.190. The highest BCUT2D eigenvalue weighted by Gasteiger charge is 2.47. The number of aromatic nitrogens is 1. The number of esters is 2. The van der Waals surface area contributed by atoms with Gasteiger partial charge in [0.1, 0.15) is 0 Å². The molecule has 1 rings (SSSR count). The van der Waals surface area contributed by atoms with Crippen molar-refractivity contribution in [3.63, 3.8) is 0 Å². The van der Waals surface area contributed by atoms with Crippen molar-refractivity contribution < 1.29 is 19.1 Å². The van der Waals surface area contributed by atoms with Crippen LogP contribution in [0.5, 0.6) is 0 Å². The summed E-state index contributed by atoms with van der Waals surface area (Å²) in [7, 11) is 0. The molecule has 0 atom stereocenters. The van der Waals surface area contributed by atoms with E-state index in [1.54, 1.807) is 26.8 Å². The number of pyridine rings is 1. The third-order valence-electron chi connectivity index (χ3n) is 3.36. The minimum absolute atomic E-state index is 0.183. The molecule has 0 aliphatic rings. The fourth-order valence-electron chi connectivity index (χ4n) is 2.19. The molecule has 0 aromatic carbocycles. The first-order valence-electron chi connectivity index (χ1n) is 7.27. The number of hydrogen-bond donors (Lipinski definition) is 0. The van der Waals surface area contributed by atoms with Crippen LogP contribution < -0.4 is 0 Å². The summed E-state index contributed by atoms with van der Waals surface area (Å²) in [5.74, 6) is -1.09. The molecular formula is C16H23NO4. The van der Waals surface area contributed by atoms with Crippen molar-refractivity contribution in [1.29, 1.82) is 0 Å². The van der Waals surface area contributed by atoms with E-state index in [9.17, 15) is 9.59 Å². The molecule has 1 heterocycles. The molecule has 0 saturated carbocycles. The van der Waals surface area contributed by atoms with Crippen LogP contribution >= 0.6 is 0 Å². The second-order valence-corrected chi connectivity index (χ2v) is 4.82. The Morgan fingerprint density at radius 2 is 1.67 bits per heavy atom. The van der Waals surface area contributed by atoms with Crippen LogP contribution in [0, 0.1) is 12.3 Å². The van der Waals surface area contributed by atoms with E-state index in [-0.39, 0.29) is 19.6 Å². The topological polar surface area (TPSA) is 65.5 Å². The van der Waals surface area contributed by atoms with Crippen LogP contribution in [0.2, 0.25) is 0 Å². The standard InChI is InChI=1S/C16H23NO4/c1-5-16(14(18)20-6-2,15(19)21-7-3)11-13-10-8-9-12(4)17-13/h8-10H,5-7,11H2,1-4H3. The van der Waals surface area contributed by atoms with Crippen LogP contribution in [0.3, 0.4) is 0 Å². The molecule has 0 saturated heterocycles. The zero-order chi connectivity index (χ0) is 15.9. The van der Waals surface area contributed by atoms with Gasteiger partial charge >= 0.3 is 11.9 Å². The second-order valence-electron chi connectivity index (χ2n) is 4.82. The quantitative estimate of drug-likeness (QED) is 0.570. The first-order chi connectivity index (χ1) is 10.00. The van der Waals surface area contributed by atoms with Crippen LogP contribution in [0.1, 0.15) is 38.6 Å². The summed E-state index contributed by atoms with van der Waals surface area (Å²) in [6.45, 7) is 7.53. The van der Waals surface area contributed by atoms with Gasteiger partial charge in [0.15, 0.2) is 5.41 Å². The van der Waals surface area contributed by atoms with Crippen molar-refractivity contribution in [3.8, 4) is 0 Å². The molecule has 5 nitrogen and oxygen atoms in total. The molecule has 0 unspecified atom stereocenters. The van der Waals surface area contributed by atoms with Crippen molar-refractivity contribution in [3.05, 3.63) is 29.6 Å². The molecule has 0 N–H and O–H groups in total. The molecule has 116 valence electrons. The first kappa shape index (κ1) is 17.1. The number of rotatable bonds is 7. The van der Waals surface area contributed by atoms with Gasteiger partial charge in [-0.15, -0.1) is 0 Å². The Bertz CT molecular complexity index is 481. The van der Waals surface area contributed by atoms with Crippen LogP contribution in [-0.2, 0) is 25.5 Å². The first-order valence-corrected chi connectivity index (χ1v) is 7.27. The maximum atomic E-state index is 12.4. The van der Waals surface area contributed by atoms with Gasteiger partial charge in [0.25, 0.3) is 0 Å². The van der Waals surface area contributed by atoms with Crippen LogP contribution in [0.4, 0.5) is 0 Å². The number of carbonyl (C=O) groups is 2. The molecule has 1 aromatic heterocycles. The predicted octanol–water partition coefficient (Wildman–Crippen LogP) is 2.46. The summed E-state index contributed by atoms with van der Waals surface area (Å²) in [5, 5.41) is 0. The minimum Gasteiger partial charge on any atom is -0.465 e. The van der Waals surface area contributed by atoms with Gasteiger partial charge in [-0.05, 0) is 39.3 Å². The highest BCUT2D eigenvalue weighted by atomic mass is 16.6. The number of carbonyl (C=O) groups excluding carboxylic acids is 2. The maximum Gasteiger partial charge on any atom is 0.323 e. The maximum absolute atomic E-state index is 12.4. The normalized spacial score (nSPS) is 11.0. The zero-order valence-corrected chi connectivity index (χ0v) is 13.1. The van der Waals surface area contributed by atoms with Crippen LogP contribution in [0.15, 0.2) is 18.2 Å². The number of hydrogen-bond acceptors (Lipinski definition) is 5. The van der Waals surface area contributed by atoms with Gasteiger partial charge in [-0.25, -0.2) is 0 Å². The van der Waals surface area contributed by atoms with E-state index in [1.165, 1.54) is 0 Å². The summed E-state index contributed by atoms with van der Waals surface area (Å²) in [4.78, 5) is 29.1. The Morgan fingerprint density at radius 1 is 1.10 bits per heavy atom. The highest BCUT2D eigenvalue weighted by Crippen LogP contribution is 2.30. The molecular weight excluding hydrogens is 270 g/mol. The summed E-state index contributed by atoms with van der Waals surface area (Å²) >= 11 is 0. The molecule has 21 heavy (non-hydrogen) atoms. The fraction of sp³-hybridized carbons (Fsp3) is 0.562. The van der Waals surface area contributed by atoms with E-state index >= 15 is 0 Å². The summed E-state index contributed by atoms with van der Waals surface area (Å²) in [6.07, 6.45) is 0.489. The molecule has 0 aliphatic carbocycles. The number of aryl methyl sites for hydroxylation is 1. The average Bonchev–Trinajstić information content (AvgIpc) is 2.45. The van der Waals surface area contributed by atoms with E-state index in [0.717, 1.165) is 5.69 Å². The molecule has 0 aliphatic heterocycles. The number of nitrogens with zero attached hydrogens (tertiary/aromatic N) is 1. The fourth-order valence-corrected chi connectivity index (χ4v) is 2.19. The largest absolute Gasteiger partial charge is 0.465 e. The summed E-state index contributed by atoms with van der Waals surface area (Å²) < 4.78 is 10.2. The van der Waals surface area contributed by atoms with E-state index in [2.05, 4.69) is 4.98 Å².